The summed E-state index contributed by atoms with van der Waals surface area (Å²) in [5.74, 6) is 0. The molecule has 1 rings (SSSR count). The van der Waals surface area contributed by atoms with Crippen LogP contribution in [0.3, 0.4) is 0 Å². The van der Waals surface area contributed by atoms with Crippen LogP contribution in [0.2, 0.25) is 0 Å². The second-order valence-electron chi connectivity index (χ2n) is 1.92. The number of nitrogens with zero attached hydrogens (tertiary/aromatic N) is 2. The molecule has 0 bridgehead atoms. The lowest BCUT2D eigenvalue weighted by Crippen LogP contribution is -2.35. The van der Waals surface area contributed by atoms with E-state index in [9.17, 15) is 0 Å². The van der Waals surface area contributed by atoms with Gasteiger partial charge in [0.25, 0.3) is 0 Å². The minimum Gasteiger partial charge on any atom is -0.422 e. The summed E-state index contributed by atoms with van der Waals surface area (Å²) in [6.07, 6.45) is 1.37. The molecule has 2 N–H and O–H groups in total. The van der Waals surface area contributed by atoms with Gasteiger partial charge < -0.3 is 14.6 Å². The largest absolute Gasteiger partial charge is 0.507 e. The number of rotatable bonds is 1. The zero-order chi connectivity index (χ0) is 7.72. The summed E-state index contributed by atoms with van der Waals surface area (Å²) in [5.41, 5.74) is 0.338. The number of thiol groups is 1. The Labute approximate surface area is 64.1 Å². The first kappa shape index (κ1) is 7.65. The van der Waals surface area contributed by atoms with Gasteiger partial charge in [0.1, 0.15) is 0 Å². The highest BCUT2D eigenvalue weighted by atomic mass is 32.1. The van der Waals surface area contributed by atoms with Crippen molar-refractivity contribution in [2.75, 3.05) is 0 Å². The third-order valence-electron chi connectivity index (χ3n) is 1.26. The second-order valence-corrected chi connectivity index (χ2v) is 2.32. The fourth-order valence-electron chi connectivity index (χ4n) is 0.652. The Morgan fingerprint density at radius 2 is 2.30 bits per heavy atom. The second kappa shape index (κ2) is 2.65. The molecule has 4 nitrogen and oxygen atoms in total. The molecule has 6 heteroatoms. The topological polar surface area (TPSA) is 58.3 Å². The van der Waals surface area contributed by atoms with Crippen LogP contribution in [0.4, 0.5) is 0 Å². The van der Waals surface area contributed by atoms with E-state index < -0.39 is 7.12 Å². The molecule has 0 aromatic carbocycles. The molecule has 10 heavy (non-hydrogen) atoms. The average Bonchev–Trinajstić information content (AvgIpc) is 2.14. The zero-order valence-corrected chi connectivity index (χ0v) is 6.29. The highest BCUT2D eigenvalue weighted by molar-refractivity contribution is 7.80. The van der Waals surface area contributed by atoms with E-state index in [2.05, 4.69) is 17.6 Å². The van der Waals surface area contributed by atoms with E-state index in [0.717, 1.165) is 0 Å². The Hall–Kier alpha value is -0.455. The third-order valence-corrected chi connectivity index (χ3v) is 1.68. The van der Waals surface area contributed by atoms with Crippen LogP contribution in [0.5, 0.6) is 0 Å². The predicted octanol–water partition coefficient (Wildman–Crippen LogP) is -1.61. The molecule has 0 aliphatic rings. The van der Waals surface area contributed by atoms with Crippen molar-refractivity contribution < 1.29 is 10.0 Å². The van der Waals surface area contributed by atoms with Gasteiger partial charge in [-0.05, 0) is 0 Å². The van der Waals surface area contributed by atoms with Crippen LogP contribution >= 0.6 is 12.6 Å². The molecule has 1 aromatic rings. The Morgan fingerprint density at radius 3 is 2.50 bits per heavy atom. The predicted molar refractivity (Wildman–Crippen MR) is 40.3 cm³/mol. The summed E-state index contributed by atoms with van der Waals surface area (Å²) < 4.78 is 1.49. The van der Waals surface area contributed by atoms with Gasteiger partial charge in [0.2, 0.25) is 0 Å². The first-order valence-electron chi connectivity index (χ1n) is 2.69. The zero-order valence-electron chi connectivity index (χ0n) is 5.39. The summed E-state index contributed by atoms with van der Waals surface area (Å²) in [6, 6.07) is 0. The van der Waals surface area contributed by atoms with Gasteiger partial charge in [0.15, 0.2) is 5.16 Å². The lowest BCUT2D eigenvalue weighted by molar-refractivity contribution is 0.422. The lowest BCUT2D eigenvalue weighted by Gasteiger charge is -1.99. The van der Waals surface area contributed by atoms with Gasteiger partial charge in [-0.1, -0.05) is 0 Å². The quantitative estimate of drug-likeness (QED) is 0.340. The number of hydrogen-bond donors (Lipinski definition) is 3. The Kier molecular flexibility index (Phi) is 2.03. The van der Waals surface area contributed by atoms with Crippen LogP contribution in [0.15, 0.2) is 11.4 Å². The van der Waals surface area contributed by atoms with Crippen molar-refractivity contribution in [3.05, 3.63) is 6.20 Å². The van der Waals surface area contributed by atoms with Gasteiger partial charge in [-0.2, -0.15) is 0 Å². The monoisotopic (exact) mass is 158 g/mol. The molecule has 0 atom stereocenters. The minimum atomic E-state index is -1.47. The van der Waals surface area contributed by atoms with E-state index in [1.54, 1.807) is 7.05 Å². The molecule has 1 aromatic heterocycles. The molecule has 0 radical (unpaired) electrons. The Balaban J connectivity index is 3.05. The standard InChI is InChI=1S/C4H7BN2O2S/c1-7-3(5(8)9)2-6-4(7)10/h2,8-9H,1H3,(H,6,10). The summed E-state index contributed by atoms with van der Waals surface area (Å²) in [4.78, 5) is 3.74. The molecule has 0 saturated heterocycles. The highest BCUT2D eigenvalue weighted by Gasteiger charge is 2.16. The van der Waals surface area contributed by atoms with Crippen molar-refractivity contribution in [3.63, 3.8) is 0 Å². The lowest BCUT2D eigenvalue weighted by atomic mass is 9.87. The normalized spacial score (nSPS) is 10.0. The maximum Gasteiger partial charge on any atom is 0.507 e. The molecule has 0 amide bonds. The van der Waals surface area contributed by atoms with Crippen LogP contribution in [0.25, 0.3) is 0 Å². The molecular formula is C4H7BN2O2S. The van der Waals surface area contributed by atoms with Crippen molar-refractivity contribution in [1.82, 2.24) is 9.55 Å². The molecule has 1 heterocycles. The fraction of sp³-hybridized carbons (Fsp3) is 0.250. The highest BCUT2D eigenvalue weighted by Crippen LogP contribution is 1.96. The Bertz CT molecular complexity index is 237. The summed E-state index contributed by atoms with van der Waals surface area (Å²) >= 11 is 3.94. The number of imidazole rings is 1. The van der Waals surface area contributed by atoms with Crippen molar-refractivity contribution in [2.45, 2.75) is 5.16 Å². The van der Waals surface area contributed by atoms with Crippen LogP contribution in [-0.2, 0) is 7.05 Å². The van der Waals surface area contributed by atoms with Gasteiger partial charge >= 0.3 is 7.12 Å². The van der Waals surface area contributed by atoms with Gasteiger partial charge in [-0.3, -0.25) is 0 Å². The van der Waals surface area contributed by atoms with Gasteiger partial charge in [-0.15, -0.1) is 12.6 Å². The first-order valence-corrected chi connectivity index (χ1v) is 3.14. The van der Waals surface area contributed by atoms with E-state index in [1.807, 2.05) is 0 Å². The van der Waals surface area contributed by atoms with E-state index in [1.165, 1.54) is 10.8 Å². The molecular weight excluding hydrogens is 151 g/mol. The minimum absolute atomic E-state index is 0.338. The molecule has 0 aliphatic carbocycles. The first-order chi connectivity index (χ1) is 4.63. The average molecular weight is 158 g/mol. The van der Waals surface area contributed by atoms with Crippen molar-refractivity contribution in [1.29, 1.82) is 0 Å². The molecule has 54 valence electrons. The van der Waals surface area contributed by atoms with E-state index >= 15 is 0 Å². The van der Waals surface area contributed by atoms with E-state index in [4.69, 9.17) is 10.0 Å². The summed E-state index contributed by atoms with van der Waals surface area (Å²) in [6.45, 7) is 0. The molecule has 0 unspecified atom stereocenters. The third kappa shape index (κ3) is 1.18. The SMILES string of the molecule is Cn1c(B(O)O)cnc1S. The maximum absolute atomic E-state index is 8.68. The molecule has 0 fully saturated rings. The number of aromatic nitrogens is 2. The van der Waals surface area contributed by atoms with Crippen molar-refractivity contribution in [3.8, 4) is 0 Å². The van der Waals surface area contributed by atoms with Crippen LogP contribution in [0, 0.1) is 0 Å². The van der Waals surface area contributed by atoms with Crippen LogP contribution < -0.4 is 5.59 Å². The van der Waals surface area contributed by atoms with Crippen LogP contribution in [0.1, 0.15) is 0 Å². The smallest absolute Gasteiger partial charge is 0.422 e. The van der Waals surface area contributed by atoms with Gasteiger partial charge in [0.05, 0.1) is 5.59 Å². The van der Waals surface area contributed by atoms with Gasteiger partial charge in [-0.25, -0.2) is 4.98 Å². The number of hydrogen-bond acceptors (Lipinski definition) is 4. The van der Waals surface area contributed by atoms with Crippen LogP contribution in [-0.4, -0.2) is 26.7 Å². The van der Waals surface area contributed by atoms with E-state index in [-0.39, 0.29) is 0 Å². The van der Waals surface area contributed by atoms with Crippen molar-refractivity contribution in [2.24, 2.45) is 7.05 Å². The van der Waals surface area contributed by atoms with E-state index in [0.29, 0.717) is 10.7 Å². The molecule has 0 spiro atoms. The molecule has 0 saturated carbocycles. The summed E-state index contributed by atoms with van der Waals surface area (Å²) in [7, 11) is 0.183. The van der Waals surface area contributed by atoms with Crippen molar-refractivity contribution >= 4 is 25.3 Å². The maximum atomic E-state index is 8.68. The molecule has 0 aliphatic heterocycles. The fourth-order valence-corrected chi connectivity index (χ4v) is 0.826. The van der Waals surface area contributed by atoms with Gasteiger partial charge in [0, 0.05) is 13.2 Å². The summed E-state index contributed by atoms with van der Waals surface area (Å²) in [5, 5.41) is 17.8. The Morgan fingerprint density at radius 1 is 1.70 bits per heavy atom.